The highest BCUT2D eigenvalue weighted by Crippen LogP contribution is 2.41. The predicted molar refractivity (Wildman–Crippen MR) is 236 cm³/mol. The van der Waals surface area contributed by atoms with Crippen LogP contribution in [-0.4, -0.2) is 19.9 Å². The summed E-state index contributed by atoms with van der Waals surface area (Å²) in [6, 6.07) is 60.5. The molecule has 262 valence electrons. The summed E-state index contributed by atoms with van der Waals surface area (Å²) in [6.45, 7) is 0. The Balaban J connectivity index is 1.11. The molecule has 7 aromatic carbocycles. The zero-order chi connectivity index (χ0) is 37.0. The maximum absolute atomic E-state index is 5.30. The van der Waals surface area contributed by atoms with E-state index in [0.717, 1.165) is 44.8 Å². The zero-order valence-corrected chi connectivity index (χ0v) is 31.6. The number of benzene rings is 7. The summed E-state index contributed by atoms with van der Waals surface area (Å²) in [5, 5.41) is 5.14. The summed E-state index contributed by atoms with van der Waals surface area (Å²) < 4.78 is 5.19. The van der Waals surface area contributed by atoms with Crippen LogP contribution in [0.25, 0.3) is 108 Å². The minimum atomic E-state index is 0.658. The molecule has 4 aromatic heterocycles. The van der Waals surface area contributed by atoms with E-state index in [9.17, 15) is 0 Å². The fourth-order valence-electron chi connectivity index (χ4n) is 7.62. The van der Waals surface area contributed by atoms with Gasteiger partial charge in [0.15, 0.2) is 11.6 Å². The molecule has 4 nitrogen and oxygen atoms in total. The number of fused-ring (bicyclic) bond motifs is 6. The first kappa shape index (κ1) is 32.6. The molecule has 0 radical (unpaired) electrons. The molecular formula is C50H30N4S2. The minimum Gasteiger partial charge on any atom is -0.237 e. The van der Waals surface area contributed by atoms with Crippen molar-refractivity contribution in [1.29, 1.82) is 0 Å². The molecule has 4 heterocycles. The summed E-state index contributed by atoms with van der Waals surface area (Å²) in [7, 11) is 0. The van der Waals surface area contributed by atoms with E-state index in [1.54, 1.807) is 12.4 Å². The Morgan fingerprint density at radius 1 is 0.286 bits per heavy atom. The standard InChI is InChI=1S/C50H30N4S2/c1-2-9-31(10-3-1)43-30-44(54-50(53-43)33-17-15-32(16-18-33)49-51-23-8-24-52-49)38-26-36(34-19-21-47-41(28-34)39-11-4-6-13-45(39)55-47)25-37(27-38)35-20-22-48-42(29-35)40-12-5-7-14-46(40)56-48/h1-30H. The Morgan fingerprint density at radius 3 is 1.34 bits per heavy atom. The molecule has 0 saturated carbocycles. The molecule has 0 bridgehead atoms. The Kier molecular flexibility index (Phi) is 7.83. The first-order chi connectivity index (χ1) is 27.7. The molecule has 0 unspecified atom stereocenters. The van der Waals surface area contributed by atoms with Crippen LogP contribution in [0.3, 0.4) is 0 Å². The largest absolute Gasteiger partial charge is 0.237 e. The van der Waals surface area contributed by atoms with Gasteiger partial charge in [-0.25, -0.2) is 19.9 Å². The van der Waals surface area contributed by atoms with E-state index in [0.29, 0.717) is 11.6 Å². The van der Waals surface area contributed by atoms with Crippen molar-refractivity contribution >= 4 is 63.0 Å². The highest BCUT2D eigenvalue weighted by atomic mass is 32.1. The number of nitrogens with zero attached hydrogens (tertiary/aromatic N) is 4. The van der Waals surface area contributed by atoms with Gasteiger partial charge < -0.3 is 0 Å². The third kappa shape index (κ3) is 5.84. The van der Waals surface area contributed by atoms with E-state index in [1.807, 2.05) is 46.9 Å². The molecule has 0 aliphatic carbocycles. The molecule has 56 heavy (non-hydrogen) atoms. The predicted octanol–water partition coefficient (Wildman–Crippen LogP) is 14.0. The number of hydrogen-bond donors (Lipinski definition) is 0. The lowest BCUT2D eigenvalue weighted by Crippen LogP contribution is -1.97. The molecule has 0 atom stereocenters. The SMILES string of the molecule is c1ccc(-c2cc(-c3cc(-c4ccc5sc6ccccc6c5c4)cc(-c4ccc5sc6ccccc6c5c4)c3)nc(-c3ccc(-c4ncccn4)cc3)n2)cc1. The van der Waals surface area contributed by atoms with Crippen molar-refractivity contribution in [2.24, 2.45) is 0 Å². The van der Waals surface area contributed by atoms with Gasteiger partial charge in [-0.05, 0) is 89.0 Å². The van der Waals surface area contributed by atoms with Crippen LogP contribution in [0.4, 0.5) is 0 Å². The van der Waals surface area contributed by atoms with Gasteiger partial charge >= 0.3 is 0 Å². The Hall–Kier alpha value is -6.86. The van der Waals surface area contributed by atoms with Gasteiger partial charge in [0.05, 0.1) is 11.4 Å². The van der Waals surface area contributed by atoms with Crippen molar-refractivity contribution in [2.75, 3.05) is 0 Å². The number of rotatable bonds is 6. The molecule has 0 aliphatic rings. The van der Waals surface area contributed by atoms with Gasteiger partial charge in [-0.1, -0.05) is 103 Å². The van der Waals surface area contributed by atoms with Crippen LogP contribution < -0.4 is 0 Å². The van der Waals surface area contributed by atoms with Gasteiger partial charge in [0.2, 0.25) is 0 Å². The Bertz CT molecular complexity index is 3110. The van der Waals surface area contributed by atoms with Crippen LogP contribution in [-0.2, 0) is 0 Å². The zero-order valence-electron chi connectivity index (χ0n) is 29.9. The fraction of sp³-hybridized carbons (Fsp3) is 0. The fourth-order valence-corrected chi connectivity index (χ4v) is 9.79. The van der Waals surface area contributed by atoms with Crippen molar-refractivity contribution in [3.8, 4) is 67.5 Å². The summed E-state index contributed by atoms with van der Waals surface area (Å²) >= 11 is 3.69. The molecular weight excluding hydrogens is 721 g/mol. The maximum Gasteiger partial charge on any atom is 0.160 e. The Morgan fingerprint density at radius 2 is 0.750 bits per heavy atom. The van der Waals surface area contributed by atoms with Crippen molar-refractivity contribution in [3.63, 3.8) is 0 Å². The van der Waals surface area contributed by atoms with E-state index < -0.39 is 0 Å². The molecule has 0 saturated heterocycles. The normalized spacial score (nSPS) is 11.6. The average Bonchev–Trinajstić information content (AvgIpc) is 3.84. The number of hydrogen-bond acceptors (Lipinski definition) is 6. The van der Waals surface area contributed by atoms with Gasteiger partial charge in [-0.2, -0.15) is 0 Å². The summed E-state index contributed by atoms with van der Waals surface area (Å²) in [4.78, 5) is 19.3. The topological polar surface area (TPSA) is 51.6 Å². The highest BCUT2D eigenvalue weighted by molar-refractivity contribution is 7.26. The summed E-state index contributed by atoms with van der Waals surface area (Å²) in [5.41, 5.74) is 10.3. The van der Waals surface area contributed by atoms with Crippen LogP contribution in [0.15, 0.2) is 182 Å². The molecule has 0 spiro atoms. The lowest BCUT2D eigenvalue weighted by Gasteiger charge is -2.14. The molecule has 0 aliphatic heterocycles. The van der Waals surface area contributed by atoms with Crippen LogP contribution in [0.1, 0.15) is 0 Å². The summed E-state index contributed by atoms with van der Waals surface area (Å²) in [6.07, 6.45) is 3.53. The second kappa shape index (κ2) is 13.5. The van der Waals surface area contributed by atoms with Gasteiger partial charge in [0.1, 0.15) is 0 Å². The molecule has 11 rings (SSSR count). The van der Waals surface area contributed by atoms with Crippen molar-refractivity contribution in [1.82, 2.24) is 19.9 Å². The molecule has 0 fully saturated rings. The molecule has 6 heteroatoms. The van der Waals surface area contributed by atoms with Gasteiger partial charge in [-0.15, -0.1) is 22.7 Å². The monoisotopic (exact) mass is 750 g/mol. The van der Waals surface area contributed by atoms with Crippen LogP contribution >= 0.6 is 22.7 Å². The Labute approximate surface area is 331 Å². The first-order valence-electron chi connectivity index (χ1n) is 18.5. The number of aromatic nitrogens is 4. The molecule has 11 aromatic rings. The van der Waals surface area contributed by atoms with Gasteiger partial charge in [0.25, 0.3) is 0 Å². The smallest absolute Gasteiger partial charge is 0.160 e. The van der Waals surface area contributed by atoms with Crippen molar-refractivity contribution in [2.45, 2.75) is 0 Å². The number of thiophene rings is 2. The van der Waals surface area contributed by atoms with Gasteiger partial charge in [0, 0.05) is 75.0 Å². The second-order valence-corrected chi connectivity index (χ2v) is 16.1. The van der Waals surface area contributed by atoms with Crippen LogP contribution in [0, 0.1) is 0 Å². The highest BCUT2D eigenvalue weighted by Gasteiger charge is 2.16. The van der Waals surface area contributed by atoms with E-state index in [1.165, 1.54) is 51.5 Å². The average molecular weight is 751 g/mol. The third-order valence-corrected chi connectivity index (χ3v) is 12.7. The van der Waals surface area contributed by atoms with Crippen molar-refractivity contribution in [3.05, 3.63) is 182 Å². The first-order valence-corrected chi connectivity index (χ1v) is 20.1. The lowest BCUT2D eigenvalue weighted by atomic mass is 9.93. The van der Waals surface area contributed by atoms with E-state index in [2.05, 4.69) is 156 Å². The van der Waals surface area contributed by atoms with E-state index in [4.69, 9.17) is 9.97 Å². The summed E-state index contributed by atoms with van der Waals surface area (Å²) in [5.74, 6) is 1.34. The van der Waals surface area contributed by atoms with Crippen molar-refractivity contribution < 1.29 is 0 Å². The van der Waals surface area contributed by atoms with Crippen LogP contribution in [0.5, 0.6) is 0 Å². The van der Waals surface area contributed by atoms with E-state index in [-0.39, 0.29) is 0 Å². The molecule has 0 amide bonds. The molecule has 0 N–H and O–H groups in total. The quantitative estimate of drug-likeness (QED) is 0.170. The lowest BCUT2D eigenvalue weighted by molar-refractivity contribution is 1.17. The maximum atomic E-state index is 5.30. The third-order valence-electron chi connectivity index (χ3n) is 10.4. The van der Waals surface area contributed by atoms with Gasteiger partial charge in [-0.3, -0.25) is 0 Å². The van der Waals surface area contributed by atoms with Crippen LogP contribution in [0.2, 0.25) is 0 Å². The van der Waals surface area contributed by atoms with E-state index >= 15 is 0 Å². The minimum absolute atomic E-state index is 0.658. The second-order valence-electron chi connectivity index (χ2n) is 13.9.